The molecule has 8 nitrogen and oxygen atoms in total. The smallest absolute Gasteiger partial charge is 0.409 e. The van der Waals surface area contributed by atoms with Crippen LogP contribution in [0.3, 0.4) is 0 Å². The van der Waals surface area contributed by atoms with E-state index >= 15 is 0 Å². The number of carbonyl (C=O) groups excluding carboxylic acids is 3. The van der Waals surface area contributed by atoms with Crippen LogP contribution < -0.4 is 10.6 Å². The normalized spacial score (nSPS) is 17.8. The molecular weight excluding hydrogens is 350 g/mol. The number of nitrogens with zero attached hydrogens (tertiary/aromatic N) is 2. The molecule has 1 aromatic rings. The van der Waals surface area contributed by atoms with E-state index in [4.69, 9.17) is 15.2 Å². The lowest BCUT2D eigenvalue weighted by Gasteiger charge is -2.27. The topological polar surface area (TPSA) is 102 Å². The zero-order valence-corrected chi connectivity index (χ0v) is 16.0. The van der Waals surface area contributed by atoms with Gasteiger partial charge in [0, 0.05) is 31.3 Å². The van der Waals surface area contributed by atoms with E-state index in [1.165, 1.54) is 4.90 Å². The average Bonchev–Trinajstić information content (AvgIpc) is 2.68. The van der Waals surface area contributed by atoms with E-state index in [-0.39, 0.29) is 44.5 Å². The van der Waals surface area contributed by atoms with E-state index in [1.807, 2.05) is 32.0 Å². The molecule has 2 N–H and O–H groups in total. The first kappa shape index (κ1) is 20.7. The molecule has 1 atom stereocenters. The number of hydrogen-bond acceptors (Lipinski definition) is 5. The van der Waals surface area contributed by atoms with Crippen LogP contribution in [0.4, 0.5) is 10.5 Å². The molecule has 0 bridgehead atoms. The Morgan fingerprint density at radius 2 is 2.00 bits per heavy atom. The number of ether oxygens (including phenoxy) is 2. The number of anilines is 1. The minimum atomic E-state index is -0.617. The first-order valence-electron chi connectivity index (χ1n) is 8.96. The highest BCUT2D eigenvalue weighted by atomic mass is 16.6. The second kappa shape index (κ2) is 9.36. The highest BCUT2D eigenvalue weighted by Crippen LogP contribution is 2.30. The number of rotatable bonds is 5. The Bertz CT molecular complexity index is 692. The van der Waals surface area contributed by atoms with Crippen LogP contribution in [-0.4, -0.2) is 56.2 Å². The number of hydrogen-bond donors (Lipinski definition) is 1. The van der Waals surface area contributed by atoms with Gasteiger partial charge in [-0.25, -0.2) is 4.79 Å². The molecule has 0 saturated carbocycles. The van der Waals surface area contributed by atoms with Gasteiger partial charge < -0.3 is 25.0 Å². The van der Waals surface area contributed by atoms with Gasteiger partial charge in [0.2, 0.25) is 11.8 Å². The Morgan fingerprint density at radius 1 is 1.30 bits per heavy atom. The summed E-state index contributed by atoms with van der Waals surface area (Å²) in [6.07, 6.45) is -0.968. The average molecular weight is 377 g/mol. The number of amides is 3. The van der Waals surface area contributed by atoms with Crippen molar-refractivity contribution in [3.05, 3.63) is 29.8 Å². The first-order chi connectivity index (χ1) is 12.8. The lowest BCUT2D eigenvalue weighted by atomic mass is 10.1. The van der Waals surface area contributed by atoms with Crippen molar-refractivity contribution in [3.63, 3.8) is 0 Å². The number of nitrogens with two attached hydrogens (primary N) is 1. The van der Waals surface area contributed by atoms with E-state index in [9.17, 15) is 14.4 Å². The summed E-state index contributed by atoms with van der Waals surface area (Å²) in [7, 11) is 1.68. The van der Waals surface area contributed by atoms with Gasteiger partial charge in [0.05, 0.1) is 13.2 Å². The summed E-state index contributed by atoms with van der Waals surface area (Å²) >= 11 is 0. The Balaban J connectivity index is 2.33. The molecule has 2 rings (SSSR count). The molecule has 1 aliphatic rings. The summed E-state index contributed by atoms with van der Waals surface area (Å²) in [6, 6.07) is 7.26. The van der Waals surface area contributed by atoms with Crippen LogP contribution in [0.1, 0.15) is 31.9 Å². The lowest BCUT2D eigenvalue weighted by molar-refractivity contribution is -0.125. The fourth-order valence-electron chi connectivity index (χ4n) is 2.81. The van der Waals surface area contributed by atoms with Gasteiger partial charge in [-0.1, -0.05) is 32.0 Å². The Kier molecular flexibility index (Phi) is 7.18. The van der Waals surface area contributed by atoms with Crippen molar-refractivity contribution >= 4 is 23.6 Å². The highest BCUT2D eigenvalue weighted by Gasteiger charge is 2.29. The van der Waals surface area contributed by atoms with Crippen LogP contribution in [-0.2, 0) is 19.1 Å². The van der Waals surface area contributed by atoms with Gasteiger partial charge in [-0.3, -0.25) is 9.59 Å². The van der Waals surface area contributed by atoms with Gasteiger partial charge in [0.1, 0.15) is 12.7 Å². The molecule has 1 aromatic carbocycles. The van der Waals surface area contributed by atoms with Crippen LogP contribution in [0.25, 0.3) is 0 Å². The fraction of sp³-hybridized carbons (Fsp3) is 0.526. The molecule has 148 valence electrons. The summed E-state index contributed by atoms with van der Waals surface area (Å²) in [5.41, 5.74) is 6.60. The molecule has 3 amide bonds. The molecule has 1 unspecified atom stereocenters. The largest absolute Gasteiger partial charge is 0.449 e. The zero-order chi connectivity index (χ0) is 20.0. The third-order valence-corrected chi connectivity index (χ3v) is 4.23. The van der Waals surface area contributed by atoms with Crippen LogP contribution in [0.2, 0.25) is 0 Å². The molecule has 0 aliphatic carbocycles. The van der Waals surface area contributed by atoms with Crippen LogP contribution >= 0.6 is 0 Å². The SMILES string of the molecule is CC(C)COC(=O)N1CCC(=O)N(C)c2ccccc2C(OCC(N)=O)C1. The number of para-hydroxylation sites is 1. The molecular formula is C19H27N3O5. The molecule has 1 aliphatic heterocycles. The van der Waals surface area contributed by atoms with E-state index in [2.05, 4.69) is 0 Å². The van der Waals surface area contributed by atoms with Gasteiger partial charge >= 0.3 is 6.09 Å². The number of benzene rings is 1. The standard InChI is InChI=1S/C19H27N3O5/c1-13(2)11-27-19(25)22-9-8-18(24)21(3)15-7-5-4-6-14(15)16(10-22)26-12-17(20)23/h4-7,13,16H,8-12H2,1-3H3,(H2,20,23). The highest BCUT2D eigenvalue weighted by molar-refractivity contribution is 5.94. The molecule has 0 aromatic heterocycles. The monoisotopic (exact) mass is 377 g/mol. The molecule has 8 heteroatoms. The van der Waals surface area contributed by atoms with E-state index < -0.39 is 18.1 Å². The summed E-state index contributed by atoms with van der Waals surface area (Å²) < 4.78 is 11.0. The molecule has 0 radical (unpaired) electrons. The quantitative estimate of drug-likeness (QED) is 0.841. The molecule has 1 heterocycles. The second-order valence-electron chi connectivity index (χ2n) is 6.94. The van der Waals surface area contributed by atoms with Crippen molar-refractivity contribution in [2.24, 2.45) is 11.7 Å². The summed E-state index contributed by atoms with van der Waals surface area (Å²) in [6.45, 7) is 4.24. The maximum absolute atomic E-state index is 12.5. The van der Waals surface area contributed by atoms with Crippen LogP contribution in [0.5, 0.6) is 0 Å². The lowest BCUT2D eigenvalue weighted by Crippen LogP contribution is -2.38. The molecule has 0 saturated heterocycles. The van der Waals surface area contributed by atoms with E-state index in [0.717, 1.165) is 0 Å². The van der Waals surface area contributed by atoms with Gasteiger partial charge in [-0.05, 0) is 12.0 Å². The van der Waals surface area contributed by atoms with Crippen molar-refractivity contribution < 1.29 is 23.9 Å². The zero-order valence-electron chi connectivity index (χ0n) is 16.0. The van der Waals surface area contributed by atoms with E-state index in [0.29, 0.717) is 11.3 Å². The van der Waals surface area contributed by atoms with Gasteiger partial charge in [0.15, 0.2) is 0 Å². The predicted molar refractivity (Wildman–Crippen MR) is 100 cm³/mol. The molecule has 27 heavy (non-hydrogen) atoms. The van der Waals surface area contributed by atoms with Gasteiger partial charge in [-0.15, -0.1) is 0 Å². The van der Waals surface area contributed by atoms with Crippen molar-refractivity contribution in [2.75, 3.05) is 38.3 Å². The summed E-state index contributed by atoms with van der Waals surface area (Å²) in [4.78, 5) is 39.2. The first-order valence-corrected chi connectivity index (χ1v) is 8.96. The van der Waals surface area contributed by atoms with Crippen molar-refractivity contribution in [3.8, 4) is 0 Å². The van der Waals surface area contributed by atoms with Crippen molar-refractivity contribution in [1.82, 2.24) is 4.90 Å². The Hall–Kier alpha value is -2.61. The number of primary amides is 1. The van der Waals surface area contributed by atoms with Crippen molar-refractivity contribution in [2.45, 2.75) is 26.4 Å². The molecule has 0 fully saturated rings. The predicted octanol–water partition coefficient (Wildman–Crippen LogP) is 1.69. The van der Waals surface area contributed by atoms with E-state index in [1.54, 1.807) is 18.0 Å². The third kappa shape index (κ3) is 5.68. The Labute approximate surface area is 159 Å². The van der Waals surface area contributed by atoms with Crippen molar-refractivity contribution in [1.29, 1.82) is 0 Å². The maximum Gasteiger partial charge on any atom is 0.409 e. The minimum absolute atomic E-state index is 0.125. The number of carbonyl (C=O) groups is 3. The van der Waals surface area contributed by atoms with Crippen LogP contribution in [0, 0.1) is 5.92 Å². The fourth-order valence-corrected chi connectivity index (χ4v) is 2.81. The third-order valence-electron chi connectivity index (χ3n) is 4.23. The second-order valence-corrected chi connectivity index (χ2v) is 6.94. The Morgan fingerprint density at radius 3 is 2.67 bits per heavy atom. The number of fused-ring (bicyclic) bond motifs is 1. The summed E-state index contributed by atoms with van der Waals surface area (Å²) in [5.74, 6) is -0.535. The minimum Gasteiger partial charge on any atom is -0.449 e. The van der Waals surface area contributed by atoms with Gasteiger partial charge in [0.25, 0.3) is 0 Å². The maximum atomic E-state index is 12.5. The molecule has 0 spiro atoms. The van der Waals surface area contributed by atoms with Gasteiger partial charge in [-0.2, -0.15) is 0 Å². The van der Waals surface area contributed by atoms with Crippen LogP contribution in [0.15, 0.2) is 24.3 Å². The summed E-state index contributed by atoms with van der Waals surface area (Å²) in [5, 5.41) is 0.